The van der Waals surface area contributed by atoms with Crippen LogP contribution < -0.4 is 5.32 Å². The molecule has 1 unspecified atom stereocenters. The van der Waals surface area contributed by atoms with Crippen molar-refractivity contribution in [3.63, 3.8) is 0 Å². The molecule has 2 aromatic rings. The van der Waals surface area contributed by atoms with Gasteiger partial charge in [0.25, 0.3) is 0 Å². The van der Waals surface area contributed by atoms with Gasteiger partial charge in [-0.25, -0.2) is 8.78 Å². The third-order valence-electron chi connectivity index (χ3n) is 3.08. The fourth-order valence-corrected chi connectivity index (χ4v) is 2.42. The number of hydrogen-bond donors (Lipinski definition) is 1. The van der Waals surface area contributed by atoms with Crippen molar-refractivity contribution < 1.29 is 8.78 Å². The topological polar surface area (TPSA) is 12.0 Å². The maximum absolute atomic E-state index is 13.4. The highest BCUT2D eigenvalue weighted by Gasteiger charge is 2.15. The van der Waals surface area contributed by atoms with E-state index < -0.39 is 11.6 Å². The number of halogens is 3. The van der Waals surface area contributed by atoms with Crippen LogP contribution in [0.2, 0.25) is 0 Å². The average Bonchev–Trinajstić information content (AvgIpc) is 2.45. The lowest BCUT2D eigenvalue weighted by atomic mass is 9.98. The van der Waals surface area contributed by atoms with E-state index >= 15 is 0 Å². The summed E-state index contributed by atoms with van der Waals surface area (Å²) in [5, 5.41) is 3.38. The molecule has 0 amide bonds. The Morgan fingerprint density at radius 1 is 1.00 bits per heavy atom. The molecule has 0 heterocycles. The molecular weight excluding hydrogens is 371 g/mol. The number of nitrogens with one attached hydrogen (secondary N) is 1. The lowest BCUT2D eigenvalue weighted by Crippen LogP contribution is -2.23. The van der Waals surface area contributed by atoms with Gasteiger partial charge in [0.15, 0.2) is 11.6 Å². The summed E-state index contributed by atoms with van der Waals surface area (Å²) in [4.78, 5) is 0. The lowest BCUT2D eigenvalue weighted by Gasteiger charge is -2.20. The molecule has 20 heavy (non-hydrogen) atoms. The molecule has 1 nitrogen and oxygen atoms in total. The van der Waals surface area contributed by atoms with Crippen molar-refractivity contribution in [2.24, 2.45) is 0 Å². The second kappa shape index (κ2) is 7.13. The van der Waals surface area contributed by atoms with Crippen molar-refractivity contribution in [1.82, 2.24) is 5.32 Å². The van der Waals surface area contributed by atoms with E-state index in [9.17, 15) is 8.78 Å². The Hall–Kier alpha value is -1.01. The van der Waals surface area contributed by atoms with Crippen LogP contribution in [-0.4, -0.2) is 6.54 Å². The monoisotopic (exact) mass is 387 g/mol. The second-order valence-corrected chi connectivity index (χ2v) is 5.86. The van der Waals surface area contributed by atoms with Crippen molar-refractivity contribution in [2.45, 2.75) is 19.4 Å². The van der Waals surface area contributed by atoms with Crippen LogP contribution in [0.15, 0.2) is 42.5 Å². The van der Waals surface area contributed by atoms with E-state index in [1.165, 1.54) is 12.1 Å². The minimum Gasteiger partial charge on any atom is -0.306 e. The van der Waals surface area contributed by atoms with E-state index in [1.54, 1.807) is 6.07 Å². The third kappa shape index (κ3) is 3.76. The molecule has 0 aliphatic heterocycles. The first-order valence-corrected chi connectivity index (χ1v) is 7.63. The van der Waals surface area contributed by atoms with Crippen LogP contribution in [0.25, 0.3) is 0 Å². The van der Waals surface area contributed by atoms with E-state index in [2.05, 4.69) is 34.8 Å². The number of hydrogen-bond acceptors (Lipinski definition) is 1. The largest absolute Gasteiger partial charge is 0.306 e. The maximum Gasteiger partial charge on any atom is 0.159 e. The standard InChI is InChI=1S/C16H16F2IN/c1-2-9-20-16(11-3-6-13(19)7-4-11)12-5-8-14(17)15(18)10-12/h3-8,10,16,20H,2,9H2,1H3. The van der Waals surface area contributed by atoms with Crippen LogP contribution in [0.5, 0.6) is 0 Å². The van der Waals surface area contributed by atoms with Crippen LogP contribution >= 0.6 is 22.6 Å². The molecule has 0 aliphatic rings. The fraction of sp³-hybridized carbons (Fsp3) is 0.250. The van der Waals surface area contributed by atoms with E-state index in [1.807, 2.05) is 24.3 Å². The van der Waals surface area contributed by atoms with Crippen LogP contribution in [0, 0.1) is 15.2 Å². The summed E-state index contributed by atoms with van der Waals surface area (Å²) >= 11 is 2.24. The molecular formula is C16H16F2IN. The van der Waals surface area contributed by atoms with E-state index in [4.69, 9.17) is 0 Å². The Labute approximate surface area is 131 Å². The van der Waals surface area contributed by atoms with Crippen LogP contribution in [0.3, 0.4) is 0 Å². The summed E-state index contributed by atoms with van der Waals surface area (Å²) in [5.74, 6) is -1.62. The van der Waals surface area contributed by atoms with Gasteiger partial charge in [-0.3, -0.25) is 0 Å². The highest BCUT2D eigenvalue weighted by atomic mass is 127. The zero-order valence-electron chi connectivity index (χ0n) is 11.2. The first-order chi connectivity index (χ1) is 9.61. The smallest absolute Gasteiger partial charge is 0.159 e. The normalized spacial score (nSPS) is 12.4. The molecule has 4 heteroatoms. The zero-order chi connectivity index (χ0) is 14.5. The molecule has 0 aromatic heterocycles. The first-order valence-electron chi connectivity index (χ1n) is 6.55. The van der Waals surface area contributed by atoms with Crippen molar-refractivity contribution in [3.8, 4) is 0 Å². The predicted octanol–water partition coefficient (Wildman–Crippen LogP) is 4.66. The molecule has 106 valence electrons. The highest BCUT2D eigenvalue weighted by Crippen LogP contribution is 2.24. The summed E-state index contributed by atoms with van der Waals surface area (Å²) in [6.07, 6.45) is 0.977. The molecule has 0 saturated carbocycles. The van der Waals surface area contributed by atoms with E-state index in [0.29, 0.717) is 0 Å². The van der Waals surface area contributed by atoms with Gasteiger partial charge in [-0.2, -0.15) is 0 Å². The molecule has 0 radical (unpaired) electrons. The summed E-state index contributed by atoms with van der Waals surface area (Å²) in [6, 6.07) is 12.0. The molecule has 0 spiro atoms. The molecule has 0 fully saturated rings. The van der Waals surface area contributed by atoms with E-state index in [-0.39, 0.29) is 6.04 Å². The Kier molecular flexibility index (Phi) is 5.48. The molecule has 0 saturated heterocycles. The molecule has 2 aromatic carbocycles. The summed E-state index contributed by atoms with van der Waals surface area (Å²) in [5.41, 5.74) is 1.78. The van der Waals surface area contributed by atoms with Crippen molar-refractivity contribution in [1.29, 1.82) is 0 Å². The van der Waals surface area contributed by atoms with Crippen molar-refractivity contribution >= 4 is 22.6 Å². The second-order valence-electron chi connectivity index (χ2n) is 4.61. The minimum absolute atomic E-state index is 0.123. The minimum atomic E-state index is -0.814. The SMILES string of the molecule is CCCNC(c1ccc(I)cc1)c1ccc(F)c(F)c1. The molecule has 0 bridgehead atoms. The quantitative estimate of drug-likeness (QED) is 0.737. The van der Waals surface area contributed by atoms with Crippen LogP contribution in [0.4, 0.5) is 8.78 Å². The first kappa shape index (κ1) is 15.4. The van der Waals surface area contributed by atoms with Gasteiger partial charge in [-0.15, -0.1) is 0 Å². The fourth-order valence-electron chi connectivity index (χ4n) is 2.06. The van der Waals surface area contributed by atoms with Gasteiger partial charge in [-0.1, -0.05) is 25.1 Å². The highest BCUT2D eigenvalue weighted by molar-refractivity contribution is 14.1. The van der Waals surface area contributed by atoms with Crippen molar-refractivity contribution in [3.05, 3.63) is 68.8 Å². The van der Waals surface area contributed by atoms with Crippen molar-refractivity contribution in [2.75, 3.05) is 6.54 Å². The van der Waals surface area contributed by atoms with Gasteiger partial charge in [0.2, 0.25) is 0 Å². The van der Waals surface area contributed by atoms with Crippen LogP contribution in [-0.2, 0) is 0 Å². The summed E-state index contributed by atoms with van der Waals surface area (Å²) in [6.45, 7) is 2.89. The predicted molar refractivity (Wildman–Crippen MR) is 85.7 cm³/mol. The molecule has 1 N–H and O–H groups in total. The Morgan fingerprint density at radius 3 is 2.25 bits per heavy atom. The van der Waals surface area contributed by atoms with Gasteiger partial charge < -0.3 is 5.32 Å². The molecule has 0 aliphatic carbocycles. The Balaban J connectivity index is 2.35. The zero-order valence-corrected chi connectivity index (χ0v) is 13.3. The van der Waals surface area contributed by atoms with E-state index in [0.717, 1.165) is 27.7 Å². The van der Waals surface area contributed by atoms with Gasteiger partial charge in [0.1, 0.15) is 0 Å². The van der Waals surface area contributed by atoms with Crippen LogP contribution in [0.1, 0.15) is 30.5 Å². The average molecular weight is 387 g/mol. The van der Waals surface area contributed by atoms with Gasteiger partial charge in [-0.05, 0) is 70.9 Å². The van der Waals surface area contributed by atoms with Gasteiger partial charge in [0.05, 0.1) is 6.04 Å². The van der Waals surface area contributed by atoms with Gasteiger partial charge in [0, 0.05) is 3.57 Å². The molecule has 2 rings (SSSR count). The summed E-state index contributed by atoms with van der Waals surface area (Å²) < 4.78 is 27.7. The summed E-state index contributed by atoms with van der Waals surface area (Å²) in [7, 11) is 0. The Bertz CT molecular complexity index is 569. The maximum atomic E-state index is 13.4. The third-order valence-corrected chi connectivity index (χ3v) is 3.80. The number of rotatable bonds is 5. The molecule has 1 atom stereocenters. The van der Waals surface area contributed by atoms with Gasteiger partial charge >= 0.3 is 0 Å². The lowest BCUT2D eigenvalue weighted by molar-refractivity contribution is 0.503. The Morgan fingerprint density at radius 2 is 1.65 bits per heavy atom. The number of benzene rings is 2.